The maximum absolute atomic E-state index is 12.3. The molecule has 1 aromatic carbocycles. The fraction of sp³-hybridized carbons (Fsp3) is 0.600. The van der Waals surface area contributed by atoms with Crippen molar-refractivity contribution in [3.63, 3.8) is 0 Å². The van der Waals surface area contributed by atoms with E-state index in [-0.39, 0.29) is 17.7 Å². The maximum Gasteiger partial charge on any atom is 0.225 e. The van der Waals surface area contributed by atoms with Crippen molar-refractivity contribution in [1.29, 1.82) is 0 Å². The van der Waals surface area contributed by atoms with Crippen molar-refractivity contribution in [2.75, 3.05) is 37.6 Å². The SMILES string of the molecule is CCN(CCCNC(=O)C1CC(=O)N(CC(C)C)C1)c1ccccc1. The summed E-state index contributed by atoms with van der Waals surface area (Å²) in [5, 5.41) is 3.01. The highest BCUT2D eigenvalue weighted by molar-refractivity contribution is 5.89. The van der Waals surface area contributed by atoms with Crippen LogP contribution in [0.3, 0.4) is 0 Å². The third kappa shape index (κ3) is 5.76. The molecule has 1 aliphatic heterocycles. The zero-order chi connectivity index (χ0) is 18.2. The first kappa shape index (κ1) is 19.3. The first-order valence-electron chi connectivity index (χ1n) is 9.36. The van der Waals surface area contributed by atoms with E-state index in [0.29, 0.717) is 25.4 Å². The largest absolute Gasteiger partial charge is 0.372 e. The van der Waals surface area contributed by atoms with Crippen LogP contribution in [0.4, 0.5) is 5.69 Å². The molecule has 1 atom stereocenters. The van der Waals surface area contributed by atoms with Gasteiger partial charge in [-0.15, -0.1) is 0 Å². The van der Waals surface area contributed by atoms with E-state index in [1.807, 2.05) is 23.1 Å². The number of rotatable bonds is 9. The Kier molecular flexibility index (Phi) is 7.29. The van der Waals surface area contributed by atoms with Crippen molar-refractivity contribution in [1.82, 2.24) is 10.2 Å². The topological polar surface area (TPSA) is 52.7 Å². The van der Waals surface area contributed by atoms with Gasteiger partial charge in [-0.3, -0.25) is 9.59 Å². The van der Waals surface area contributed by atoms with Crippen LogP contribution >= 0.6 is 0 Å². The molecule has 0 aliphatic carbocycles. The average molecular weight is 345 g/mol. The fourth-order valence-electron chi connectivity index (χ4n) is 3.30. The molecule has 2 rings (SSSR count). The summed E-state index contributed by atoms with van der Waals surface area (Å²) < 4.78 is 0. The zero-order valence-electron chi connectivity index (χ0n) is 15.7. The maximum atomic E-state index is 12.3. The van der Waals surface area contributed by atoms with Gasteiger partial charge in [0.1, 0.15) is 0 Å². The van der Waals surface area contributed by atoms with Gasteiger partial charge in [-0.25, -0.2) is 0 Å². The molecule has 1 N–H and O–H groups in total. The van der Waals surface area contributed by atoms with E-state index in [2.05, 4.69) is 43.1 Å². The van der Waals surface area contributed by atoms with E-state index in [9.17, 15) is 9.59 Å². The van der Waals surface area contributed by atoms with Crippen molar-refractivity contribution in [3.8, 4) is 0 Å². The highest BCUT2D eigenvalue weighted by atomic mass is 16.2. The molecule has 1 aliphatic rings. The molecule has 0 bridgehead atoms. The van der Waals surface area contributed by atoms with Gasteiger partial charge in [-0.1, -0.05) is 32.0 Å². The van der Waals surface area contributed by atoms with Crippen molar-refractivity contribution in [2.24, 2.45) is 11.8 Å². The number of hydrogen-bond acceptors (Lipinski definition) is 3. The number of nitrogens with zero attached hydrogens (tertiary/aromatic N) is 2. The van der Waals surface area contributed by atoms with Crippen LogP contribution in [0.2, 0.25) is 0 Å². The summed E-state index contributed by atoms with van der Waals surface area (Å²) in [6, 6.07) is 10.3. The summed E-state index contributed by atoms with van der Waals surface area (Å²) in [6.07, 6.45) is 1.24. The van der Waals surface area contributed by atoms with Crippen molar-refractivity contribution >= 4 is 17.5 Å². The van der Waals surface area contributed by atoms with Gasteiger partial charge in [0.15, 0.2) is 0 Å². The van der Waals surface area contributed by atoms with Gasteiger partial charge in [-0.2, -0.15) is 0 Å². The second kappa shape index (κ2) is 9.44. The lowest BCUT2D eigenvalue weighted by Gasteiger charge is -2.23. The van der Waals surface area contributed by atoms with E-state index in [1.54, 1.807) is 0 Å². The summed E-state index contributed by atoms with van der Waals surface area (Å²) >= 11 is 0. The van der Waals surface area contributed by atoms with Gasteiger partial charge in [0.05, 0.1) is 5.92 Å². The smallest absolute Gasteiger partial charge is 0.225 e. The number of carbonyl (C=O) groups is 2. The molecule has 0 saturated carbocycles. The molecule has 0 spiro atoms. The Labute approximate surface area is 151 Å². The minimum absolute atomic E-state index is 0.0161. The van der Waals surface area contributed by atoms with Crippen LogP contribution in [0, 0.1) is 11.8 Å². The van der Waals surface area contributed by atoms with Gasteiger partial charge >= 0.3 is 0 Å². The van der Waals surface area contributed by atoms with Crippen LogP contribution in [-0.2, 0) is 9.59 Å². The summed E-state index contributed by atoms with van der Waals surface area (Å²) in [7, 11) is 0. The minimum Gasteiger partial charge on any atom is -0.372 e. The van der Waals surface area contributed by atoms with Gasteiger partial charge < -0.3 is 15.1 Å². The minimum atomic E-state index is -0.192. The van der Waals surface area contributed by atoms with Crippen LogP contribution in [0.15, 0.2) is 30.3 Å². The Hall–Kier alpha value is -2.04. The lowest BCUT2D eigenvalue weighted by atomic mass is 10.1. The number of benzene rings is 1. The highest BCUT2D eigenvalue weighted by Crippen LogP contribution is 2.19. The second-order valence-corrected chi connectivity index (χ2v) is 7.15. The number of amides is 2. The third-order valence-corrected chi connectivity index (χ3v) is 4.58. The molecule has 0 radical (unpaired) electrons. The van der Waals surface area contributed by atoms with Gasteiger partial charge in [0.25, 0.3) is 0 Å². The normalized spacial score (nSPS) is 17.2. The molecule has 1 aromatic rings. The van der Waals surface area contributed by atoms with Gasteiger partial charge in [-0.05, 0) is 31.4 Å². The first-order chi connectivity index (χ1) is 12.0. The molecule has 138 valence electrons. The van der Waals surface area contributed by atoms with E-state index < -0.39 is 0 Å². The lowest BCUT2D eigenvalue weighted by Crippen LogP contribution is -2.35. The molecule has 1 heterocycles. The Bertz CT molecular complexity index is 559. The predicted molar refractivity (Wildman–Crippen MR) is 101 cm³/mol. The van der Waals surface area contributed by atoms with Crippen LogP contribution < -0.4 is 10.2 Å². The van der Waals surface area contributed by atoms with Crippen molar-refractivity contribution < 1.29 is 9.59 Å². The van der Waals surface area contributed by atoms with Crippen LogP contribution in [0.1, 0.15) is 33.6 Å². The molecule has 1 saturated heterocycles. The molecule has 0 aromatic heterocycles. The van der Waals surface area contributed by atoms with E-state index >= 15 is 0 Å². The van der Waals surface area contributed by atoms with Crippen LogP contribution in [-0.4, -0.2) is 49.4 Å². The Morgan fingerprint density at radius 3 is 2.68 bits per heavy atom. The standard InChI is InChI=1S/C20H31N3O2/c1-4-22(18-9-6-5-7-10-18)12-8-11-21-20(25)17-13-19(24)23(15-17)14-16(2)3/h5-7,9-10,16-17H,4,8,11-15H2,1-3H3,(H,21,25). The number of anilines is 1. The van der Waals surface area contributed by atoms with Gasteiger partial charge in [0, 0.05) is 44.8 Å². The molecule has 2 amide bonds. The second-order valence-electron chi connectivity index (χ2n) is 7.15. The summed E-state index contributed by atoms with van der Waals surface area (Å²) in [5.74, 6) is 0.365. The summed E-state index contributed by atoms with van der Waals surface area (Å²) in [4.78, 5) is 28.4. The lowest BCUT2D eigenvalue weighted by molar-refractivity contribution is -0.129. The molecular weight excluding hydrogens is 314 g/mol. The van der Waals surface area contributed by atoms with Gasteiger partial charge in [0.2, 0.25) is 11.8 Å². The Morgan fingerprint density at radius 2 is 2.04 bits per heavy atom. The molecular formula is C20H31N3O2. The quantitative estimate of drug-likeness (QED) is 0.700. The molecule has 5 nitrogen and oxygen atoms in total. The van der Waals surface area contributed by atoms with E-state index in [0.717, 1.165) is 26.1 Å². The zero-order valence-corrected chi connectivity index (χ0v) is 15.7. The van der Waals surface area contributed by atoms with Crippen LogP contribution in [0.5, 0.6) is 0 Å². The molecule has 25 heavy (non-hydrogen) atoms. The van der Waals surface area contributed by atoms with Crippen LogP contribution in [0.25, 0.3) is 0 Å². The number of para-hydroxylation sites is 1. The monoisotopic (exact) mass is 345 g/mol. The molecule has 5 heteroatoms. The molecule has 1 unspecified atom stereocenters. The highest BCUT2D eigenvalue weighted by Gasteiger charge is 2.34. The predicted octanol–water partition coefficient (Wildman–Crippen LogP) is 2.52. The Morgan fingerprint density at radius 1 is 1.32 bits per heavy atom. The summed E-state index contributed by atoms with van der Waals surface area (Å²) in [5.41, 5.74) is 1.21. The van der Waals surface area contributed by atoms with E-state index in [4.69, 9.17) is 0 Å². The number of nitrogens with one attached hydrogen (secondary N) is 1. The number of likely N-dealkylation sites (tertiary alicyclic amines) is 1. The van der Waals surface area contributed by atoms with E-state index in [1.165, 1.54) is 5.69 Å². The number of carbonyl (C=O) groups excluding carboxylic acids is 2. The average Bonchev–Trinajstić information content (AvgIpc) is 2.96. The fourth-order valence-corrected chi connectivity index (χ4v) is 3.30. The number of hydrogen-bond donors (Lipinski definition) is 1. The van der Waals surface area contributed by atoms with Crippen molar-refractivity contribution in [2.45, 2.75) is 33.6 Å². The van der Waals surface area contributed by atoms with Crippen molar-refractivity contribution in [3.05, 3.63) is 30.3 Å². The Balaban J connectivity index is 1.71. The third-order valence-electron chi connectivity index (χ3n) is 4.58. The summed E-state index contributed by atoms with van der Waals surface area (Å²) in [6.45, 7) is 10.1. The molecule has 1 fully saturated rings. The first-order valence-corrected chi connectivity index (χ1v) is 9.36.